The topological polar surface area (TPSA) is 29.3 Å². The van der Waals surface area contributed by atoms with E-state index in [4.69, 9.17) is 17.3 Å². The molecule has 0 radical (unpaired) electrons. The van der Waals surface area contributed by atoms with E-state index >= 15 is 0 Å². The highest BCUT2D eigenvalue weighted by atomic mass is 35.5. The molecule has 0 aliphatic carbocycles. The summed E-state index contributed by atoms with van der Waals surface area (Å²) in [4.78, 5) is 2.39. The van der Waals surface area contributed by atoms with E-state index in [9.17, 15) is 0 Å². The molecule has 2 aromatic rings. The van der Waals surface area contributed by atoms with Crippen LogP contribution in [0.1, 0.15) is 24.1 Å². The van der Waals surface area contributed by atoms with Gasteiger partial charge in [0, 0.05) is 24.2 Å². The predicted octanol–water partition coefficient (Wildman–Crippen LogP) is 3.86. The summed E-state index contributed by atoms with van der Waals surface area (Å²) < 4.78 is 0. The third kappa shape index (κ3) is 3.83. The fraction of sp³-hybridized carbons (Fsp3) is 0.294. The van der Waals surface area contributed by atoms with Gasteiger partial charge in [-0.1, -0.05) is 61.0 Å². The second kappa shape index (κ2) is 7.44. The average molecular weight is 289 g/mol. The molecule has 1 unspecified atom stereocenters. The molecule has 0 saturated heterocycles. The third-order valence-electron chi connectivity index (χ3n) is 3.55. The van der Waals surface area contributed by atoms with Crippen LogP contribution in [0.15, 0.2) is 54.6 Å². The van der Waals surface area contributed by atoms with E-state index in [0.717, 1.165) is 18.1 Å². The molecule has 2 N–H and O–H groups in total. The molecular weight excluding hydrogens is 268 g/mol. The Morgan fingerprint density at radius 3 is 2.25 bits per heavy atom. The van der Waals surface area contributed by atoms with Crippen molar-refractivity contribution in [3.63, 3.8) is 0 Å². The molecule has 2 aromatic carbocycles. The smallest absolute Gasteiger partial charge is 0.0473 e. The molecule has 0 aliphatic rings. The first kappa shape index (κ1) is 15.0. The Morgan fingerprint density at radius 1 is 1.05 bits per heavy atom. The van der Waals surface area contributed by atoms with Crippen molar-refractivity contribution in [2.45, 2.75) is 19.5 Å². The maximum Gasteiger partial charge on any atom is 0.0473 e. The summed E-state index contributed by atoms with van der Waals surface area (Å²) in [6, 6.07) is 18.7. The van der Waals surface area contributed by atoms with Crippen LogP contribution in [-0.4, -0.2) is 18.0 Å². The highest BCUT2D eigenvalue weighted by Crippen LogP contribution is 2.23. The fourth-order valence-electron chi connectivity index (χ4n) is 2.44. The van der Waals surface area contributed by atoms with Crippen LogP contribution in [0.2, 0.25) is 5.02 Å². The molecule has 0 heterocycles. The summed E-state index contributed by atoms with van der Waals surface area (Å²) in [7, 11) is 0. The zero-order valence-corrected chi connectivity index (χ0v) is 12.6. The summed E-state index contributed by atoms with van der Waals surface area (Å²) in [6.07, 6.45) is 0. The first-order valence-electron chi connectivity index (χ1n) is 6.98. The molecule has 0 spiro atoms. The highest BCUT2D eigenvalue weighted by molar-refractivity contribution is 6.30. The van der Waals surface area contributed by atoms with Crippen LogP contribution < -0.4 is 5.73 Å². The van der Waals surface area contributed by atoms with E-state index < -0.39 is 0 Å². The fourth-order valence-corrected chi connectivity index (χ4v) is 2.57. The minimum atomic E-state index is 0.220. The van der Waals surface area contributed by atoms with E-state index in [1.54, 1.807) is 0 Å². The van der Waals surface area contributed by atoms with E-state index in [1.807, 2.05) is 18.2 Å². The van der Waals surface area contributed by atoms with Gasteiger partial charge in [0.15, 0.2) is 0 Å². The van der Waals surface area contributed by atoms with Gasteiger partial charge in [-0.2, -0.15) is 0 Å². The summed E-state index contributed by atoms with van der Waals surface area (Å²) in [5.41, 5.74) is 8.52. The number of rotatable bonds is 6. The van der Waals surface area contributed by atoms with Crippen LogP contribution in [0.4, 0.5) is 0 Å². The lowest BCUT2D eigenvalue weighted by atomic mass is 10.0. The molecule has 0 bridgehead atoms. The molecule has 20 heavy (non-hydrogen) atoms. The molecule has 0 aliphatic heterocycles. The quantitative estimate of drug-likeness (QED) is 0.874. The van der Waals surface area contributed by atoms with Crippen LogP contribution in [0.25, 0.3) is 0 Å². The zero-order valence-electron chi connectivity index (χ0n) is 11.8. The van der Waals surface area contributed by atoms with Gasteiger partial charge in [0.25, 0.3) is 0 Å². The van der Waals surface area contributed by atoms with Gasteiger partial charge in [-0.15, -0.1) is 0 Å². The summed E-state index contributed by atoms with van der Waals surface area (Å²) in [5.74, 6) is 0. The van der Waals surface area contributed by atoms with Crippen molar-refractivity contribution in [3.05, 3.63) is 70.7 Å². The number of nitrogens with zero attached hydrogens (tertiary/aromatic N) is 1. The summed E-state index contributed by atoms with van der Waals surface area (Å²) in [5, 5.41) is 0.760. The second-order valence-electron chi connectivity index (χ2n) is 4.85. The molecule has 3 heteroatoms. The molecule has 0 amide bonds. The maximum absolute atomic E-state index is 6.00. The molecule has 2 nitrogen and oxygen atoms in total. The van der Waals surface area contributed by atoms with Crippen molar-refractivity contribution in [2.75, 3.05) is 13.1 Å². The van der Waals surface area contributed by atoms with Crippen molar-refractivity contribution >= 4 is 11.6 Å². The molecule has 0 saturated carbocycles. The minimum absolute atomic E-state index is 0.220. The van der Waals surface area contributed by atoms with Crippen molar-refractivity contribution in [1.82, 2.24) is 4.90 Å². The van der Waals surface area contributed by atoms with Crippen molar-refractivity contribution in [1.29, 1.82) is 0 Å². The van der Waals surface area contributed by atoms with Gasteiger partial charge >= 0.3 is 0 Å². The number of likely N-dealkylation sites (N-methyl/N-ethyl adjacent to an activating group) is 1. The van der Waals surface area contributed by atoms with Crippen molar-refractivity contribution in [2.24, 2.45) is 5.73 Å². The average Bonchev–Trinajstić information content (AvgIpc) is 2.49. The Hall–Kier alpha value is -1.35. The van der Waals surface area contributed by atoms with Crippen LogP contribution in [0, 0.1) is 0 Å². The third-order valence-corrected chi connectivity index (χ3v) is 3.81. The molecule has 2 rings (SSSR count). The molecule has 106 valence electrons. The van der Waals surface area contributed by atoms with E-state index in [2.05, 4.69) is 48.2 Å². The Balaban J connectivity index is 2.17. The monoisotopic (exact) mass is 288 g/mol. The first-order chi connectivity index (χ1) is 9.74. The summed E-state index contributed by atoms with van der Waals surface area (Å²) >= 11 is 5.96. The number of hydrogen-bond acceptors (Lipinski definition) is 2. The Bertz CT molecular complexity index is 510. The second-order valence-corrected chi connectivity index (χ2v) is 5.29. The summed E-state index contributed by atoms with van der Waals surface area (Å²) in [6.45, 7) is 4.63. The SMILES string of the molecule is CCN(Cc1ccccc1)C(CN)c1ccc(Cl)cc1. The Labute approximate surface area is 126 Å². The Morgan fingerprint density at radius 2 is 1.70 bits per heavy atom. The lowest BCUT2D eigenvalue weighted by molar-refractivity contribution is 0.203. The van der Waals surface area contributed by atoms with Gasteiger partial charge in [0.1, 0.15) is 0 Å². The van der Waals surface area contributed by atoms with Gasteiger partial charge in [-0.3, -0.25) is 4.90 Å². The van der Waals surface area contributed by atoms with Gasteiger partial charge in [-0.25, -0.2) is 0 Å². The lowest BCUT2D eigenvalue weighted by Crippen LogP contribution is -2.33. The number of hydrogen-bond donors (Lipinski definition) is 1. The molecule has 0 fully saturated rings. The molecular formula is C17H21ClN2. The van der Waals surface area contributed by atoms with Crippen molar-refractivity contribution in [3.8, 4) is 0 Å². The van der Waals surface area contributed by atoms with E-state index in [-0.39, 0.29) is 6.04 Å². The number of nitrogens with two attached hydrogens (primary N) is 1. The minimum Gasteiger partial charge on any atom is -0.329 e. The van der Waals surface area contributed by atoms with E-state index in [1.165, 1.54) is 11.1 Å². The molecule has 1 atom stereocenters. The maximum atomic E-state index is 6.00. The largest absolute Gasteiger partial charge is 0.329 e. The van der Waals surface area contributed by atoms with Crippen molar-refractivity contribution < 1.29 is 0 Å². The number of halogens is 1. The Kier molecular flexibility index (Phi) is 5.60. The van der Waals surface area contributed by atoms with Gasteiger partial charge < -0.3 is 5.73 Å². The van der Waals surface area contributed by atoms with Crippen LogP contribution in [-0.2, 0) is 6.54 Å². The standard InChI is InChI=1S/C17H21ClN2/c1-2-20(13-14-6-4-3-5-7-14)17(12-19)15-8-10-16(18)11-9-15/h3-11,17H,2,12-13,19H2,1H3. The van der Waals surface area contributed by atoms with Gasteiger partial charge in [0.2, 0.25) is 0 Å². The molecule has 0 aromatic heterocycles. The normalized spacial score (nSPS) is 12.6. The van der Waals surface area contributed by atoms with Crippen LogP contribution in [0.5, 0.6) is 0 Å². The first-order valence-corrected chi connectivity index (χ1v) is 7.36. The predicted molar refractivity (Wildman–Crippen MR) is 85.8 cm³/mol. The van der Waals surface area contributed by atoms with Gasteiger partial charge in [0.05, 0.1) is 0 Å². The zero-order chi connectivity index (χ0) is 14.4. The number of benzene rings is 2. The lowest BCUT2D eigenvalue weighted by Gasteiger charge is -2.30. The van der Waals surface area contributed by atoms with Crippen LogP contribution >= 0.6 is 11.6 Å². The van der Waals surface area contributed by atoms with Crippen LogP contribution in [0.3, 0.4) is 0 Å². The van der Waals surface area contributed by atoms with Gasteiger partial charge in [-0.05, 0) is 29.8 Å². The highest BCUT2D eigenvalue weighted by Gasteiger charge is 2.17. The van der Waals surface area contributed by atoms with E-state index in [0.29, 0.717) is 6.54 Å².